The lowest BCUT2D eigenvalue weighted by Crippen LogP contribution is -2.49. The maximum atomic E-state index is 14.5. The molecule has 0 aliphatic carbocycles. The van der Waals surface area contributed by atoms with Gasteiger partial charge in [-0.1, -0.05) is 0 Å². The number of piperidine rings is 1. The van der Waals surface area contributed by atoms with E-state index in [0.717, 1.165) is 6.07 Å². The maximum absolute atomic E-state index is 14.5. The number of rotatable bonds is 4. The van der Waals surface area contributed by atoms with Crippen LogP contribution in [0.2, 0.25) is 0 Å². The maximum Gasteiger partial charge on any atom is 0.410 e. The van der Waals surface area contributed by atoms with E-state index >= 15 is 0 Å². The number of halogens is 1. The van der Waals surface area contributed by atoms with Gasteiger partial charge >= 0.3 is 6.09 Å². The van der Waals surface area contributed by atoms with Crippen LogP contribution in [-0.4, -0.2) is 71.0 Å². The first-order chi connectivity index (χ1) is 15.9. The zero-order chi connectivity index (χ0) is 25.0. The molecule has 1 atom stereocenters. The van der Waals surface area contributed by atoms with Crippen molar-refractivity contribution in [2.45, 2.75) is 64.7 Å². The van der Waals surface area contributed by atoms with E-state index in [9.17, 15) is 23.6 Å². The van der Waals surface area contributed by atoms with Gasteiger partial charge in [-0.3, -0.25) is 25.2 Å². The molecule has 2 fully saturated rings. The molecule has 2 saturated heterocycles. The highest BCUT2D eigenvalue weighted by Gasteiger charge is 2.39. The molecular formula is C23H31FN4O6. The number of nitrogens with zero attached hydrogens (tertiary/aromatic N) is 2. The normalized spacial score (nSPS) is 19.1. The van der Waals surface area contributed by atoms with E-state index in [0.29, 0.717) is 38.9 Å². The van der Waals surface area contributed by atoms with Crippen molar-refractivity contribution in [3.8, 4) is 5.75 Å². The summed E-state index contributed by atoms with van der Waals surface area (Å²) in [5, 5.41) is 0. The van der Waals surface area contributed by atoms with Crippen LogP contribution in [0.4, 0.5) is 9.18 Å². The average molecular weight is 479 g/mol. The Labute approximate surface area is 197 Å². The lowest BCUT2D eigenvalue weighted by atomic mass is 10.0. The lowest BCUT2D eigenvalue weighted by Gasteiger charge is -2.37. The molecule has 0 saturated carbocycles. The minimum atomic E-state index is -0.822. The zero-order valence-corrected chi connectivity index (χ0v) is 19.9. The van der Waals surface area contributed by atoms with Crippen LogP contribution in [0.15, 0.2) is 18.2 Å². The van der Waals surface area contributed by atoms with E-state index in [1.165, 1.54) is 19.1 Å². The summed E-state index contributed by atoms with van der Waals surface area (Å²) in [5.74, 6) is -2.28. The molecule has 1 aromatic rings. The Kier molecular flexibility index (Phi) is 7.63. The number of amides is 4. The zero-order valence-electron chi connectivity index (χ0n) is 19.9. The molecule has 4 amide bonds. The standard InChI is InChI=1S/C23H31FN4O6/c1-14(29)25-26-20(30)15-5-6-18(17(24)13-15)33-19-9-12-28(21(19)31)16-7-10-27(11-8-16)22(32)34-23(2,3)4/h5-6,13,16,19H,7-12H2,1-4H3,(H,25,29)(H,26,30). The van der Waals surface area contributed by atoms with E-state index in [4.69, 9.17) is 9.47 Å². The Hall–Kier alpha value is -3.37. The molecular weight excluding hydrogens is 447 g/mol. The molecule has 0 radical (unpaired) electrons. The monoisotopic (exact) mass is 478 g/mol. The van der Waals surface area contributed by atoms with Crippen molar-refractivity contribution in [2.75, 3.05) is 19.6 Å². The minimum Gasteiger partial charge on any atom is -0.477 e. The number of hydrogen-bond acceptors (Lipinski definition) is 6. The fraction of sp³-hybridized carbons (Fsp3) is 0.565. The van der Waals surface area contributed by atoms with Crippen molar-refractivity contribution < 1.29 is 33.0 Å². The summed E-state index contributed by atoms with van der Waals surface area (Å²) in [6.07, 6.45) is 0.492. The topological polar surface area (TPSA) is 117 Å². The largest absolute Gasteiger partial charge is 0.477 e. The van der Waals surface area contributed by atoms with E-state index in [2.05, 4.69) is 10.9 Å². The Morgan fingerprint density at radius 2 is 1.74 bits per heavy atom. The predicted molar refractivity (Wildman–Crippen MR) is 119 cm³/mol. The van der Waals surface area contributed by atoms with Gasteiger partial charge < -0.3 is 19.3 Å². The van der Waals surface area contributed by atoms with Gasteiger partial charge in [0.1, 0.15) is 5.60 Å². The van der Waals surface area contributed by atoms with E-state index in [1.807, 2.05) is 20.8 Å². The highest BCUT2D eigenvalue weighted by atomic mass is 19.1. The van der Waals surface area contributed by atoms with E-state index in [-0.39, 0.29) is 29.4 Å². The average Bonchev–Trinajstić information content (AvgIpc) is 3.12. The number of benzene rings is 1. The summed E-state index contributed by atoms with van der Waals surface area (Å²) in [6, 6.07) is 3.59. The van der Waals surface area contributed by atoms with Crippen molar-refractivity contribution >= 4 is 23.8 Å². The number of hydrogen-bond donors (Lipinski definition) is 2. The van der Waals surface area contributed by atoms with Crippen LogP contribution in [0.5, 0.6) is 5.75 Å². The molecule has 2 N–H and O–H groups in total. The number of carbonyl (C=O) groups is 4. The molecule has 3 rings (SSSR count). The molecule has 186 valence electrons. The van der Waals surface area contributed by atoms with Gasteiger partial charge in [-0.15, -0.1) is 0 Å². The number of carbonyl (C=O) groups excluding carboxylic acids is 4. The third-order valence-electron chi connectivity index (χ3n) is 5.56. The molecule has 34 heavy (non-hydrogen) atoms. The molecule has 10 nitrogen and oxygen atoms in total. The Morgan fingerprint density at radius 1 is 1.06 bits per heavy atom. The quantitative estimate of drug-likeness (QED) is 0.639. The summed E-state index contributed by atoms with van der Waals surface area (Å²) in [7, 11) is 0. The van der Waals surface area contributed by atoms with Crippen LogP contribution in [0.25, 0.3) is 0 Å². The lowest BCUT2D eigenvalue weighted by molar-refractivity contribution is -0.136. The van der Waals surface area contributed by atoms with Crippen LogP contribution in [-0.2, 0) is 14.3 Å². The van der Waals surface area contributed by atoms with Crippen LogP contribution in [0, 0.1) is 5.82 Å². The van der Waals surface area contributed by atoms with Gasteiger partial charge in [0.25, 0.3) is 11.8 Å². The Balaban J connectivity index is 1.53. The third-order valence-corrected chi connectivity index (χ3v) is 5.56. The summed E-state index contributed by atoms with van der Waals surface area (Å²) in [4.78, 5) is 51.4. The molecule has 11 heteroatoms. The summed E-state index contributed by atoms with van der Waals surface area (Å²) >= 11 is 0. The van der Waals surface area contributed by atoms with Crippen LogP contribution >= 0.6 is 0 Å². The van der Waals surface area contributed by atoms with Gasteiger partial charge in [-0.2, -0.15) is 0 Å². The van der Waals surface area contributed by atoms with Gasteiger partial charge in [0.2, 0.25) is 5.91 Å². The van der Waals surface area contributed by atoms with Crippen LogP contribution < -0.4 is 15.6 Å². The first kappa shape index (κ1) is 25.3. The van der Waals surface area contributed by atoms with Gasteiger partial charge in [-0.25, -0.2) is 9.18 Å². The van der Waals surface area contributed by atoms with E-state index < -0.39 is 29.3 Å². The van der Waals surface area contributed by atoms with Crippen molar-refractivity contribution in [1.82, 2.24) is 20.7 Å². The second-order valence-electron chi connectivity index (χ2n) is 9.41. The number of ether oxygens (including phenoxy) is 2. The smallest absolute Gasteiger partial charge is 0.410 e. The summed E-state index contributed by atoms with van der Waals surface area (Å²) in [6.45, 7) is 8.15. The van der Waals surface area contributed by atoms with Gasteiger partial charge in [0.05, 0.1) is 0 Å². The molecule has 1 unspecified atom stereocenters. The van der Waals surface area contributed by atoms with Gasteiger partial charge in [0, 0.05) is 44.6 Å². The molecule has 2 aliphatic rings. The second-order valence-corrected chi connectivity index (χ2v) is 9.41. The van der Waals surface area contributed by atoms with Crippen molar-refractivity contribution in [3.05, 3.63) is 29.6 Å². The van der Waals surface area contributed by atoms with Crippen molar-refractivity contribution in [3.63, 3.8) is 0 Å². The predicted octanol–water partition coefficient (Wildman–Crippen LogP) is 1.99. The van der Waals surface area contributed by atoms with Gasteiger partial charge in [0.15, 0.2) is 17.7 Å². The summed E-state index contributed by atoms with van der Waals surface area (Å²) < 4.78 is 25.6. The Bertz CT molecular complexity index is 955. The Morgan fingerprint density at radius 3 is 2.32 bits per heavy atom. The number of nitrogens with one attached hydrogen (secondary N) is 2. The molecule has 0 aromatic heterocycles. The SMILES string of the molecule is CC(=O)NNC(=O)c1ccc(OC2CCN(C3CCN(C(=O)OC(C)(C)C)CC3)C2=O)c(F)c1. The molecule has 1 aromatic carbocycles. The van der Waals surface area contributed by atoms with Crippen LogP contribution in [0.1, 0.15) is 57.3 Å². The number of likely N-dealkylation sites (tertiary alicyclic amines) is 2. The highest BCUT2D eigenvalue weighted by molar-refractivity contribution is 5.95. The first-order valence-corrected chi connectivity index (χ1v) is 11.3. The summed E-state index contributed by atoms with van der Waals surface area (Å²) in [5.41, 5.74) is 3.71. The second kappa shape index (κ2) is 10.3. The third kappa shape index (κ3) is 6.36. The minimum absolute atomic E-state index is 0.00489. The molecule has 0 spiro atoms. The highest BCUT2D eigenvalue weighted by Crippen LogP contribution is 2.27. The molecule has 2 aliphatic heterocycles. The fourth-order valence-electron chi connectivity index (χ4n) is 3.94. The number of hydrazine groups is 1. The van der Waals surface area contributed by atoms with Gasteiger partial charge in [-0.05, 0) is 51.8 Å². The van der Waals surface area contributed by atoms with E-state index in [1.54, 1.807) is 9.80 Å². The van der Waals surface area contributed by atoms with Crippen LogP contribution in [0.3, 0.4) is 0 Å². The van der Waals surface area contributed by atoms with Crippen molar-refractivity contribution in [1.29, 1.82) is 0 Å². The molecule has 0 bridgehead atoms. The fourth-order valence-corrected chi connectivity index (χ4v) is 3.94. The molecule has 2 heterocycles. The van der Waals surface area contributed by atoms with Crippen molar-refractivity contribution in [2.24, 2.45) is 0 Å². The first-order valence-electron chi connectivity index (χ1n) is 11.3.